The maximum atomic E-state index is 12.7. The zero-order valence-corrected chi connectivity index (χ0v) is 19.2. The highest BCUT2D eigenvalue weighted by Gasteiger charge is 2.22. The summed E-state index contributed by atoms with van der Waals surface area (Å²) in [5.74, 6) is 1.19. The predicted octanol–water partition coefficient (Wildman–Crippen LogP) is 5.14. The quantitative estimate of drug-likeness (QED) is 0.480. The number of amides is 1. The Balaban J connectivity index is 1.43. The molecule has 1 N–H and O–H groups in total. The predicted molar refractivity (Wildman–Crippen MR) is 127 cm³/mol. The minimum absolute atomic E-state index is 0.181. The second-order valence-electron chi connectivity index (χ2n) is 7.21. The molecule has 1 aliphatic rings. The number of rotatable bonds is 8. The summed E-state index contributed by atoms with van der Waals surface area (Å²) in [6.07, 6.45) is 0.795. The normalized spacial score (nSPS) is 11.9. The minimum atomic E-state index is -0.181. The zero-order chi connectivity index (χ0) is 22.5. The van der Waals surface area contributed by atoms with Gasteiger partial charge in [-0.2, -0.15) is 0 Å². The minimum Gasteiger partial charge on any atom is -0.493 e. The highest BCUT2D eigenvalue weighted by Crippen LogP contribution is 2.47. The van der Waals surface area contributed by atoms with Crippen molar-refractivity contribution in [3.05, 3.63) is 66.2 Å². The van der Waals surface area contributed by atoms with Gasteiger partial charge < -0.3 is 24.4 Å². The molecule has 0 fully saturated rings. The van der Waals surface area contributed by atoms with E-state index in [-0.39, 0.29) is 5.91 Å². The first kappa shape index (κ1) is 21.9. The van der Waals surface area contributed by atoms with Crippen LogP contribution in [0.4, 0.5) is 11.4 Å². The zero-order valence-electron chi connectivity index (χ0n) is 18.4. The number of carbonyl (C=O) groups excluding carboxylic acids is 1. The number of fused-ring (bicyclic) bond motifs is 2. The highest BCUT2D eigenvalue weighted by molar-refractivity contribution is 7.99. The molecule has 0 aliphatic carbocycles. The largest absolute Gasteiger partial charge is 0.493 e. The first-order valence-electron chi connectivity index (χ1n) is 10.4. The van der Waals surface area contributed by atoms with Crippen molar-refractivity contribution in [2.45, 2.75) is 16.2 Å². The lowest BCUT2D eigenvalue weighted by Gasteiger charge is -2.32. The van der Waals surface area contributed by atoms with Gasteiger partial charge in [-0.15, -0.1) is 0 Å². The van der Waals surface area contributed by atoms with Crippen LogP contribution >= 0.6 is 11.8 Å². The molecule has 1 heterocycles. The fraction of sp³-hybridized carbons (Fsp3) is 0.240. The maximum Gasteiger partial charge on any atom is 0.251 e. The first-order valence-corrected chi connectivity index (χ1v) is 11.2. The van der Waals surface area contributed by atoms with Crippen molar-refractivity contribution in [2.24, 2.45) is 0 Å². The Labute approximate surface area is 192 Å². The monoisotopic (exact) mass is 450 g/mol. The molecule has 6 nitrogen and oxygen atoms in total. The van der Waals surface area contributed by atoms with E-state index in [1.165, 1.54) is 42.5 Å². The van der Waals surface area contributed by atoms with Gasteiger partial charge in [-0.25, -0.2) is 0 Å². The van der Waals surface area contributed by atoms with Gasteiger partial charge in [0.2, 0.25) is 5.75 Å². The van der Waals surface area contributed by atoms with E-state index in [0.717, 1.165) is 13.0 Å². The Bertz CT molecular complexity index is 1050. The highest BCUT2D eigenvalue weighted by atomic mass is 32.2. The second-order valence-corrected chi connectivity index (χ2v) is 8.30. The topological polar surface area (TPSA) is 60.0 Å². The molecule has 0 unspecified atom stereocenters. The van der Waals surface area contributed by atoms with Crippen LogP contribution in [0.2, 0.25) is 0 Å². The third-order valence-electron chi connectivity index (χ3n) is 5.30. The van der Waals surface area contributed by atoms with Crippen LogP contribution in [0.5, 0.6) is 17.2 Å². The van der Waals surface area contributed by atoms with Crippen molar-refractivity contribution in [2.75, 3.05) is 39.3 Å². The first-order chi connectivity index (χ1) is 15.7. The molecule has 3 aromatic carbocycles. The van der Waals surface area contributed by atoms with Crippen molar-refractivity contribution in [1.29, 1.82) is 0 Å². The molecule has 0 saturated heterocycles. The lowest BCUT2D eigenvalue weighted by atomic mass is 10.1. The van der Waals surface area contributed by atoms with Crippen LogP contribution in [0, 0.1) is 0 Å². The van der Waals surface area contributed by atoms with Crippen molar-refractivity contribution in [3.63, 3.8) is 0 Å². The average molecular weight is 451 g/mol. The maximum absolute atomic E-state index is 12.7. The summed E-state index contributed by atoms with van der Waals surface area (Å²) in [5, 5.41) is 3.00. The fourth-order valence-corrected chi connectivity index (χ4v) is 4.87. The molecule has 1 aliphatic heterocycles. The number of methoxy groups -OCH3 is 3. The number of para-hydroxylation sites is 2. The van der Waals surface area contributed by atoms with Crippen LogP contribution in [0.25, 0.3) is 0 Å². The number of benzene rings is 3. The third-order valence-corrected chi connectivity index (χ3v) is 6.43. The molecule has 0 radical (unpaired) electrons. The molecule has 0 saturated carbocycles. The number of nitrogens with zero attached hydrogens (tertiary/aromatic N) is 1. The Morgan fingerprint density at radius 1 is 0.875 bits per heavy atom. The van der Waals surface area contributed by atoms with Gasteiger partial charge in [0.15, 0.2) is 11.5 Å². The van der Waals surface area contributed by atoms with Crippen molar-refractivity contribution in [3.8, 4) is 17.2 Å². The van der Waals surface area contributed by atoms with Crippen molar-refractivity contribution >= 4 is 29.0 Å². The lowest BCUT2D eigenvalue weighted by molar-refractivity contribution is 0.0952. The van der Waals surface area contributed by atoms with Crippen molar-refractivity contribution in [1.82, 2.24) is 5.32 Å². The number of anilines is 2. The molecule has 7 heteroatoms. The molecule has 0 atom stereocenters. The summed E-state index contributed by atoms with van der Waals surface area (Å²) in [7, 11) is 4.60. The number of ether oxygens (including phenoxy) is 3. The van der Waals surface area contributed by atoms with Gasteiger partial charge in [0.1, 0.15) is 0 Å². The molecule has 0 aromatic heterocycles. The van der Waals surface area contributed by atoms with E-state index in [2.05, 4.69) is 58.7 Å². The molecule has 32 heavy (non-hydrogen) atoms. The van der Waals surface area contributed by atoms with E-state index in [4.69, 9.17) is 14.2 Å². The molecular formula is C25H26N2O4S. The van der Waals surface area contributed by atoms with Crippen molar-refractivity contribution < 1.29 is 19.0 Å². The number of carbonyl (C=O) groups is 1. The number of hydrogen-bond donors (Lipinski definition) is 1. The van der Waals surface area contributed by atoms with Crippen LogP contribution in [0.15, 0.2) is 70.5 Å². The number of nitrogens with one attached hydrogen (secondary N) is 1. The Hall–Kier alpha value is -3.32. The number of hydrogen-bond acceptors (Lipinski definition) is 6. The van der Waals surface area contributed by atoms with Gasteiger partial charge in [-0.1, -0.05) is 36.0 Å². The Morgan fingerprint density at radius 2 is 1.44 bits per heavy atom. The summed E-state index contributed by atoms with van der Waals surface area (Å²) in [5.41, 5.74) is 2.86. The Kier molecular flexibility index (Phi) is 6.75. The molecule has 4 rings (SSSR count). The van der Waals surface area contributed by atoms with Gasteiger partial charge in [-0.05, 0) is 42.8 Å². The lowest BCUT2D eigenvalue weighted by Crippen LogP contribution is -2.29. The van der Waals surface area contributed by atoms with Crippen LogP contribution in [-0.2, 0) is 0 Å². The SMILES string of the molecule is COc1cc(C(=O)NCCCN2c3ccccc3Sc3ccccc32)cc(OC)c1OC. The Morgan fingerprint density at radius 3 is 1.97 bits per heavy atom. The summed E-state index contributed by atoms with van der Waals surface area (Å²) < 4.78 is 16.0. The van der Waals surface area contributed by atoms with Crippen LogP contribution < -0.4 is 24.4 Å². The van der Waals surface area contributed by atoms with E-state index in [1.54, 1.807) is 23.9 Å². The van der Waals surface area contributed by atoms with E-state index < -0.39 is 0 Å². The fourth-order valence-electron chi connectivity index (χ4n) is 3.78. The van der Waals surface area contributed by atoms with Crippen LogP contribution in [0.3, 0.4) is 0 Å². The van der Waals surface area contributed by atoms with Gasteiger partial charge in [0.05, 0.1) is 32.7 Å². The van der Waals surface area contributed by atoms with E-state index in [9.17, 15) is 4.79 Å². The molecule has 0 bridgehead atoms. The molecule has 166 valence electrons. The van der Waals surface area contributed by atoms with E-state index in [0.29, 0.717) is 29.4 Å². The molecule has 0 spiro atoms. The average Bonchev–Trinajstić information content (AvgIpc) is 2.84. The summed E-state index contributed by atoms with van der Waals surface area (Å²) in [6, 6.07) is 20.2. The van der Waals surface area contributed by atoms with Gasteiger partial charge in [-0.3, -0.25) is 4.79 Å². The van der Waals surface area contributed by atoms with E-state index >= 15 is 0 Å². The smallest absolute Gasteiger partial charge is 0.251 e. The van der Waals surface area contributed by atoms with E-state index in [1.807, 2.05) is 0 Å². The molecular weight excluding hydrogens is 424 g/mol. The second kappa shape index (κ2) is 9.87. The van der Waals surface area contributed by atoms with Gasteiger partial charge in [0, 0.05) is 28.4 Å². The molecule has 1 amide bonds. The van der Waals surface area contributed by atoms with Gasteiger partial charge >= 0.3 is 0 Å². The van der Waals surface area contributed by atoms with Gasteiger partial charge in [0.25, 0.3) is 5.91 Å². The summed E-state index contributed by atoms with van der Waals surface area (Å²) in [4.78, 5) is 17.6. The van der Waals surface area contributed by atoms with Crippen LogP contribution in [-0.4, -0.2) is 40.3 Å². The third kappa shape index (κ3) is 4.34. The standard InChI is InChI=1S/C25H26N2O4S/c1-29-20-15-17(16-21(30-2)24(20)31-3)25(28)26-13-8-14-27-18-9-4-6-11-22(18)32-23-12-7-5-10-19(23)27/h4-7,9-12,15-16H,8,13-14H2,1-3H3,(H,26,28). The molecule has 3 aromatic rings. The summed E-state index contributed by atoms with van der Waals surface area (Å²) in [6.45, 7) is 1.34. The van der Waals surface area contributed by atoms with Crippen LogP contribution in [0.1, 0.15) is 16.8 Å². The summed E-state index contributed by atoms with van der Waals surface area (Å²) >= 11 is 1.79.